The number of aromatic nitrogens is 3. The average Bonchev–Trinajstić information content (AvgIpc) is 2.90. The lowest BCUT2D eigenvalue weighted by Gasteiger charge is -2.14. The Kier molecular flexibility index (Phi) is 3.82. The van der Waals surface area contributed by atoms with Crippen molar-refractivity contribution in [1.82, 2.24) is 19.7 Å². The van der Waals surface area contributed by atoms with E-state index in [1.807, 2.05) is 16.5 Å². The molecule has 0 aromatic carbocycles. The van der Waals surface area contributed by atoms with Crippen LogP contribution in [0, 0.1) is 0 Å². The number of aryl methyl sites for hydroxylation is 1. The van der Waals surface area contributed by atoms with E-state index in [0.29, 0.717) is 6.42 Å². The molecule has 1 amide bonds. The highest BCUT2D eigenvalue weighted by atomic mass is 32.2. The van der Waals surface area contributed by atoms with Gasteiger partial charge in [-0.3, -0.25) is 4.79 Å². The second-order valence-corrected chi connectivity index (χ2v) is 4.97. The molecule has 0 bridgehead atoms. The number of nitrogens with zero attached hydrogens (tertiary/aromatic N) is 4. The quantitative estimate of drug-likeness (QED) is 0.734. The van der Waals surface area contributed by atoms with E-state index < -0.39 is 0 Å². The molecular weight excluding hydrogens is 224 g/mol. The third kappa shape index (κ3) is 2.75. The van der Waals surface area contributed by atoms with Crippen LogP contribution in [0.2, 0.25) is 0 Å². The van der Waals surface area contributed by atoms with Crippen LogP contribution in [0.3, 0.4) is 0 Å². The number of carbonyl (C=O) groups is 1. The van der Waals surface area contributed by atoms with Gasteiger partial charge in [-0.25, -0.2) is 0 Å². The molecule has 0 spiro atoms. The van der Waals surface area contributed by atoms with Crippen molar-refractivity contribution in [3.05, 3.63) is 6.33 Å². The zero-order valence-electron chi connectivity index (χ0n) is 9.43. The lowest BCUT2D eigenvalue weighted by atomic mass is 10.4. The van der Waals surface area contributed by atoms with Crippen molar-refractivity contribution in [3.8, 4) is 0 Å². The number of thioether (sulfide) groups is 1. The molecule has 0 saturated carbocycles. The van der Waals surface area contributed by atoms with Crippen molar-refractivity contribution in [2.75, 3.05) is 18.8 Å². The van der Waals surface area contributed by atoms with Crippen LogP contribution in [-0.4, -0.2) is 44.4 Å². The summed E-state index contributed by atoms with van der Waals surface area (Å²) in [4.78, 5) is 13.7. The topological polar surface area (TPSA) is 51.0 Å². The molecule has 1 aromatic rings. The van der Waals surface area contributed by atoms with Crippen LogP contribution in [0.4, 0.5) is 0 Å². The molecule has 0 aliphatic carbocycles. The van der Waals surface area contributed by atoms with Crippen molar-refractivity contribution in [2.24, 2.45) is 7.05 Å². The molecule has 1 fully saturated rings. The van der Waals surface area contributed by atoms with Crippen molar-refractivity contribution < 1.29 is 4.79 Å². The molecule has 16 heavy (non-hydrogen) atoms. The lowest BCUT2D eigenvalue weighted by Crippen LogP contribution is -2.27. The van der Waals surface area contributed by atoms with E-state index in [4.69, 9.17) is 0 Å². The summed E-state index contributed by atoms with van der Waals surface area (Å²) in [6, 6.07) is 0. The van der Waals surface area contributed by atoms with E-state index in [9.17, 15) is 4.79 Å². The van der Waals surface area contributed by atoms with Crippen molar-refractivity contribution in [3.63, 3.8) is 0 Å². The number of amides is 1. The summed E-state index contributed by atoms with van der Waals surface area (Å²) in [5, 5.41) is 8.62. The molecule has 0 radical (unpaired) electrons. The summed E-state index contributed by atoms with van der Waals surface area (Å²) >= 11 is 1.58. The van der Waals surface area contributed by atoms with E-state index in [1.54, 1.807) is 18.1 Å². The zero-order chi connectivity index (χ0) is 11.4. The Labute approximate surface area is 99.2 Å². The van der Waals surface area contributed by atoms with Crippen LogP contribution in [0.15, 0.2) is 11.5 Å². The van der Waals surface area contributed by atoms with Crippen molar-refractivity contribution in [2.45, 2.75) is 24.4 Å². The summed E-state index contributed by atoms with van der Waals surface area (Å²) in [6.45, 7) is 1.88. The first-order valence-electron chi connectivity index (χ1n) is 5.52. The van der Waals surface area contributed by atoms with Gasteiger partial charge in [0.05, 0.1) is 0 Å². The Morgan fingerprint density at radius 3 is 2.88 bits per heavy atom. The smallest absolute Gasteiger partial charge is 0.223 e. The number of hydrogen-bond donors (Lipinski definition) is 0. The fourth-order valence-corrected chi connectivity index (χ4v) is 2.57. The Balaban J connectivity index is 1.71. The maximum atomic E-state index is 11.7. The molecule has 1 saturated heterocycles. The van der Waals surface area contributed by atoms with Gasteiger partial charge in [0.15, 0.2) is 5.16 Å². The molecule has 0 unspecified atom stereocenters. The van der Waals surface area contributed by atoms with Crippen molar-refractivity contribution in [1.29, 1.82) is 0 Å². The summed E-state index contributed by atoms with van der Waals surface area (Å²) in [7, 11) is 1.91. The van der Waals surface area contributed by atoms with Crippen LogP contribution in [0.5, 0.6) is 0 Å². The second-order valence-electron chi connectivity index (χ2n) is 3.91. The summed E-state index contributed by atoms with van der Waals surface area (Å²) in [6.07, 6.45) is 4.58. The van der Waals surface area contributed by atoms with Crippen LogP contribution in [-0.2, 0) is 11.8 Å². The van der Waals surface area contributed by atoms with Crippen LogP contribution < -0.4 is 0 Å². The van der Waals surface area contributed by atoms with Crippen LogP contribution in [0.1, 0.15) is 19.3 Å². The normalized spacial score (nSPS) is 15.7. The van der Waals surface area contributed by atoms with Crippen LogP contribution in [0.25, 0.3) is 0 Å². The minimum Gasteiger partial charge on any atom is -0.343 e. The standard InChI is InChI=1S/C10H16N4OS/c1-13-8-11-12-10(13)16-7-4-9(15)14-5-2-3-6-14/h8H,2-7H2,1H3. The molecule has 2 rings (SSSR count). The predicted molar refractivity (Wildman–Crippen MR) is 62.2 cm³/mol. The summed E-state index contributed by atoms with van der Waals surface area (Å²) in [5.74, 6) is 1.05. The van der Waals surface area contributed by atoms with E-state index in [2.05, 4.69) is 10.2 Å². The third-order valence-corrected chi connectivity index (χ3v) is 3.71. The molecule has 1 aromatic heterocycles. The molecule has 2 heterocycles. The molecule has 0 N–H and O–H groups in total. The molecule has 1 aliphatic heterocycles. The minimum absolute atomic E-state index is 0.271. The Morgan fingerprint density at radius 2 is 2.25 bits per heavy atom. The first kappa shape index (κ1) is 11.4. The Morgan fingerprint density at radius 1 is 1.50 bits per heavy atom. The molecular formula is C10H16N4OS. The van der Waals surface area contributed by atoms with E-state index in [1.165, 1.54) is 0 Å². The monoisotopic (exact) mass is 240 g/mol. The van der Waals surface area contributed by atoms with E-state index >= 15 is 0 Å². The second kappa shape index (κ2) is 5.34. The maximum absolute atomic E-state index is 11.7. The number of rotatable bonds is 4. The first-order chi connectivity index (χ1) is 7.77. The fourth-order valence-electron chi connectivity index (χ4n) is 1.76. The van der Waals surface area contributed by atoms with Gasteiger partial charge in [0.25, 0.3) is 0 Å². The lowest BCUT2D eigenvalue weighted by molar-refractivity contribution is -0.129. The molecule has 0 atom stereocenters. The highest BCUT2D eigenvalue weighted by Gasteiger charge is 2.17. The van der Waals surface area contributed by atoms with Gasteiger partial charge in [0.2, 0.25) is 5.91 Å². The van der Waals surface area contributed by atoms with Gasteiger partial charge in [-0.05, 0) is 12.8 Å². The van der Waals surface area contributed by atoms with Gasteiger partial charge >= 0.3 is 0 Å². The largest absolute Gasteiger partial charge is 0.343 e. The van der Waals surface area contributed by atoms with E-state index in [-0.39, 0.29) is 5.91 Å². The van der Waals surface area contributed by atoms with Gasteiger partial charge in [-0.15, -0.1) is 10.2 Å². The first-order valence-corrected chi connectivity index (χ1v) is 6.50. The van der Waals surface area contributed by atoms with Gasteiger partial charge in [-0.2, -0.15) is 0 Å². The predicted octanol–water partition coefficient (Wildman–Crippen LogP) is 0.920. The minimum atomic E-state index is 0.271. The highest BCUT2D eigenvalue weighted by Crippen LogP contribution is 2.16. The van der Waals surface area contributed by atoms with Gasteiger partial charge in [-0.1, -0.05) is 11.8 Å². The molecule has 5 nitrogen and oxygen atoms in total. The summed E-state index contributed by atoms with van der Waals surface area (Å²) in [5.41, 5.74) is 0. The highest BCUT2D eigenvalue weighted by molar-refractivity contribution is 7.99. The maximum Gasteiger partial charge on any atom is 0.223 e. The number of hydrogen-bond acceptors (Lipinski definition) is 4. The van der Waals surface area contributed by atoms with Crippen molar-refractivity contribution >= 4 is 17.7 Å². The van der Waals surface area contributed by atoms with E-state index in [0.717, 1.165) is 36.8 Å². The number of likely N-dealkylation sites (tertiary alicyclic amines) is 1. The Hall–Kier alpha value is -1.04. The van der Waals surface area contributed by atoms with Gasteiger partial charge in [0, 0.05) is 32.3 Å². The summed E-state index contributed by atoms with van der Waals surface area (Å²) < 4.78 is 1.87. The SMILES string of the molecule is Cn1cnnc1SCCC(=O)N1CCCC1. The molecule has 6 heteroatoms. The Bertz CT molecular complexity index is 359. The fraction of sp³-hybridized carbons (Fsp3) is 0.700. The zero-order valence-corrected chi connectivity index (χ0v) is 10.2. The molecule has 1 aliphatic rings. The third-order valence-electron chi connectivity index (χ3n) is 2.68. The van der Waals surface area contributed by atoms with Gasteiger partial charge in [0.1, 0.15) is 6.33 Å². The van der Waals surface area contributed by atoms with Gasteiger partial charge < -0.3 is 9.47 Å². The average molecular weight is 240 g/mol. The number of carbonyl (C=O) groups excluding carboxylic acids is 1. The molecule has 88 valence electrons. The van der Waals surface area contributed by atoms with Crippen LogP contribution >= 0.6 is 11.8 Å².